The summed E-state index contributed by atoms with van der Waals surface area (Å²) in [7, 11) is 1.58. The lowest BCUT2D eigenvalue weighted by Gasteiger charge is -2.10. The van der Waals surface area contributed by atoms with Crippen molar-refractivity contribution in [2.75, 3.05) is 18.2 Å². The first kappa shape index (κ1) is 20.1. The third kappa shape index (κ3) is 3.90. The third-order valence-electron chi connectivity index (χ3n) is 4.97. The van der Waals surface area contributed by atoms with Gasteiger partial charge >= 0.3 is 0 Å². The highest BCUT2D eigenvalue weighted by Crippen LogP contribution is 2.36. The van der Waals surface area contributed by atoms with Gasteiger partial charge in [-0.2, -0.15) is 4.68 Å². The second-order valence-electron chi connectivity index (χ2n) is 7.03. The zero-order chi connectivity index (χ0) is 21.9. The van der Waals surface area contributed by atoms with Gasteiger partial charge in [-0.3, -0.25) is 4.79 Å². The second kappa shape index (κ2) is 8.72. The first-order valence-electron chi connectivity index (χ1n) is 9.92. The number of tetrazole rings is 1. The molecule has 1 N–H and O–H groups in total. The zero-order valence-electron chi connectivity index (χ0n) is 17.2. The van der Waals surface area contributed by atoms with Gasteiger partial charge in [0, 0.05) is 16.8 Å². The predicted octanol–water partition coefficient (Wildman–Crippen LogP) is 4.44. The van der Waals surface area contributed by atoms with Crippen LogP contribution in [0.3, 0.4) is 0 Å². The van der Waals surface area contributed by atoms with Crippen LogP contribution in [0.2, 0.25) is 0 Å². The summed E-state index contributed by atoms with van der Waals surface area (Å²) in [6.45, 7) is 0. The van der Waals surface area contributed by atoms with Crippen molar-refractivity contribution in [2.45, 2.75) is 5.75 Å². The Kier molecular flexibility index (Phi) is 5.47. The number of fused-ring (bicyclic) bond motifs is 3. The molecule has 32 heavy (non-hydrogen) atoms. The SMILES string of the molecule is COc1cc2c(cc1NC(=O)CSCc1nnnn1-c1ccccc1)oc1ccccc12. The minimum absolute atomic E-state index is 0.150. The van der Waals surface area contributed by atoms with Crippen molar-refractivity contribution in [1.29, 1.82) is 0 Å². The molecule has 3 aromatic carbocycles. The summed E-state index contributed by atoms with van der Waals surface area (Å²) in [6, 6.07) is 21.1. The molecule has 0 saturated carbocycles. The van der Waals surface area contributed by atoms with Gasteiger partial charge in [-0.15, -0.1) is 16.9 Å². The molecule has 0 fully saturated rings. The monoisotopic (exact) mass is 445 g/mol. The number of ether oxygens (including phenoxy) is 1. The van der Waals surface area contributed by atoms with E-state index in [9.17, 15) is 4.79 Å². The van der Waals surface area contributed by atoms with E-state index in [1.54, 1.807) is 17.9 Å². The van der Waals surface area contributed by atoms with Crippen molar-refractivity contribution in [3.05, 3.63) is 72.6 Å². The number of anilines is 1. The van der Waals surface area contributed by atoms with Crippen molar-refractivity contribution in [1.82, 2.24) is 20.2 Å². The maximum Gasteiger partial charge on any atom is 0.234 e. The van der Waals surface area contributed by atoms with Crippen molar-refractivity contribution >= 4 is 45.3 Å². The zero-order valence-corrected chi connectivity index (χ0v) is 18.0. The molecule has 0 aliphatic rings. The van der Waals surface area contributed by atoms with Crippen LogP contribution in [0.1, 0.15) is 5.82 Å². The van der Waals surface area contributed by atoms with E-state index >= 15 is 0 Å². The lowest BCUT2D eigenvalue weighted by molar-refractivity contribution is -0.113. The van der Waals surface area contributed by atoms with Gasteiger partial charge in [0.15, 0.2) is 5.82 Å². The van der Waals surface area contributed by atoms with Gasteiger partial charge < -0.3 is 14.5 Å². The Morgan fingerprint density at radius 2 is 1.88 bits per heavy atom. The minimum Gasteiger partial charge on any atom is -0.495 e. The molecule has 2 aromatic heterocycles. The number of carbonyl (C=O) groups excluding carboxylic acids is 1. The molecular formula is C23H19N5O3S. The van der Waals surface area contributed by atoms with Crippen LogP contribution < -0.4 is 10.1 Å². The highest BCUT2D eigenvalue weighted by atomic mass is 32.2. The lowest BCUT2D eigenvalue weighted by Crippen LogP contribution is -2.15. The maximum absolute atomic E-state index is 12.6. The van der Waals surface area contributed by atoms with Crippen LogP contribution in [-0.2, 0) is 10.5 Å². The number of thioether (sulfide) groups is 1. The number of nitrogens with zero attached hydrogens (tertiary/aromatic N) is 4. The fourth-order valence-corrected chi connectivity index (χ4v) is 4.23. The number of hydrogen-bond donors (Lipinski definition) is 1. The van der Waals surface area contributed by atoms with Crippen LogP contribution >= 0.6 is 11.8 Å². The molecule has 9 heteroatoms. The maximum atomic E-state index is 12.6. The summed E-state index contributed by atoms with van der Waals surface area (Å²) >= 11 is 1.43. The highest BCUT2D eigenvalue weighted by molar-refractivity contribution is 7.99. The molecule has 2 heterocycles. The summed E-state index contributed by atoms with van der Waals surface area (Å²) in [5, 5.41) is 16.7. The summed E-state index contributed by atoms with van der Waals surface area (Å²) in [4.78, 5) is 12.6. The summed E-state index contributed by atoms with van der Waals surface area (Å²) < 4.78 is 13.1. The number of rotatable bonds is 7. The van der Waals surface area contributed by atoms with Crippen molar-refractivity contribution in [3.63, 3.8) is 0 Å². The first-order valence-corrected chi connectivity index (χ1v) is 11.1. The molecule has 0 saturated heterocycles. The number of nitrogens with one attached hydrogen (secondary N) is 1. The van der Waals surface area contributed by atoms with E-state index in [-0.39, 0.29) is 11.7 Å². The molecule has 0 aliphatic carbocycles. The van der Waals surface area contributed by atoms with Crippen LogP contribution in [0.15, 0.2) is 71.1 Å². The van der Waals surface area contributed by atoms with Crippen LogP contribution in [0.4, 0.5) is 5.69 Å². The second-order valence-corrected chi connectivity index (χ2v) is 8.02. The predicted molar refractivity (Wildman–Crippen MR) is 124 cm³/mol. The Labute approximate surface area is 187 Å². The number of carbonyl (C=O) groups is 1. The molecule has 0 unspecified atom stereocenters. The molecule has 1 amide bonds. The van der Waals surface area contributed by atoms with E-state index in [2.05, 4.69) is 20.8 Å². The van der Waals surface area contributed by atoms with Crippen LogP contribution in [0.5, 0.6) is 5.75 Å². The molecule has 5 aromatic rings. The van der Waals surface area contributed by atoms with Gasteiger partial charge in [-0.1, -0.05) is 36.4 Å². The van der Waals surface area contributed by atoms with E-state index in [0.717, 1.165) is 22.0 Å². The van der Waals surface area contributed by atoms with Gasteiger partial charge in [0.05, 0.1) is 30.0 Å². The number of benzene rings is 3. The minimum atomic E-state index is -0.150. The van der Waals surface area contributed by atoms with Crippen molar-refractivity contribution < 1.29 is 13.9 Å². The largest absolute Gasteiger partial charge is 0.495 e. The van der Waals surface area contributed by atoms with E-state index in [4.69, 9.17) is 9.15 Å². The van der Waals surface area contributed by atoms with E-state index in [0.29, 0.717) is 28.6 Å². The van der Waals surface area contributed by atoms with Gasteiger partial charge in [0.2, 0.25) is 5.91 Å². The van der Waals surface area contributed by atoms with Gasteiger partial charge in [-0.05, 0) is 34.7 Å². The van der Waals surface area contributed by atoms with Crippen LogP contribution in [-0.4, -0.2) is 39.0 Å². The molecule has 0 spiro atoms. The molecule has 0 radical (unpaired) electrons. The van der Waals surface area contributed by atoms with E-state index in [1.165, 1.54) is 11.8 Å². The number of amides is 1. The Hall–Kier alpha value is -3.85. The molecule has 0 atom stereocenters. The number of furan rings is 1. The number of methoxy groups -OCH3 is 1. The summed E-state index contributed by atoms with van der Waals surface area (Å²) in [5.74, 6) is 1.84. The average Bonchev–Trinajstić information content (AvgIpc) is 3.43. The van der Waals surface area contributed by atoms with E-state index < -0.39 is 0 Å². The standard InChI is InChI=1S/C23H19N5O3S/c1-30-21-11-17-16-9-5-6-10-19(16)31-20(17)12-18(21)24-23(29)14-32-13-22-25-26-27-28(22)15-7-3-2-4-8-15/h2-12H,13-14H2,1H3,(H,24,29). The molecule has 0 aliphatic heterocycles. The average molecular weight is 446 g/mol. The quantitative estimate of drug-likeness (QED) is 0.396. The Morgan fingerprint density at radius 3 is 2.72 bits per heavy atom. The highest BCUT2D eigenvalue weighted by Gasteiger charge is 2.15. The number of aromatic nitrogens is 4. The summed E-state index contributed by atoms with van der Waals surface area (Å²) in [6.07, 6.45) is 0. The van der Waals surface area contributed by atoms with Gasteiger partial charge in [0.25, 0.3) is 0 Å². The topological polar surface area (TPSA) is 95.1 Å². The first-order chi connectivity index (χ1) is 15.7. The van der Waals surface area contributed by atoms with Crippen LogP contribution in [0, 0.1) is 0 Å². The third-order valence-corrected chi connectivity index (χ3v) is 5.90. The van der Waals surface area contributed by atoms with Crippen molar-refractivity contribution in [2.24, 2.45) is 0 Å². The molecule has 0 bridgehead atoms. The normalized spacial score (nSPS) is 11.2. The fraction of sp³-hybridized carbons (Fsp3) is 0.130. The smallest absolute Gasteiger partial charge is 0.234 e. The number of hydrogen-bond acceptors (Lipinski definition) is 7. The van der Waals surface area contributed by atoms with Gasteiger partial charge in [-0.25, -0.2) is 0 Å². The van der Waals surface area contributed by atoms with Crippen LogP contribution in [0.25, 0.3) is 27.6 Å². The Bertz CT molecular complexity index is 1400. The van der Waals surface area contributed by atoms with E-state index in [1.807, 2.05) is 60.7 Å². The lowest BCUT2D eigenvalue weighted by atomic mass is 10.1. The van der Waals surface area contributed by atoms with Gasteiger partial charge in [0.1, 0.15) is 16.9 Å². The molecule has 160 valence electrons. The number of para-hydroxylation sites is 2. The molecule has 8 nitrogen and oxygen atoms in total. The Morgan fingerprint density at radius 1 is 1.06 bits per heavy atom. The Balaban J connectivity index is 1.28. The fourth-order valence-electron chi connectivity index (χ4n) is 3.50. The summed E-state index contributed by atoms with van der Waals surface area (Å²) in [5.41, 5.74) is 2.93. The molecular weight excluding hydrogens is 426 g/mol. The molecule has 5 rings (SSSR count). The van der Waals surface area contributed by atoms with Crippen molar-refractivity contribution in [3.8, 4) is 11.4 Å².